The molecular weight excluding hydrogens is 444 g/mol. The van der Waals surface area contributed by atoms with Crippen molar-refractivity contribution >= 4 is 24.1 Å². The Morgan fingerprint density at radius 1 is 1.16 bits per heavy atom. The lowest BCUT2D eigenvalue weighted by atomic mass is 9.95. The minimum atomic E-state index is -0.917. The van der Waals surface area contributed by atoms with Gasteiger partial charge in [-0.05, 0) is 29.7 Å². The predicted molar refractivity (Wildman–Crippen MR) is 117 cm³/mol. The van der Waals surface area contributed by atoms with E-state index >= 15 is 0 Å². The van der Waals surface area contributed by atoms with Crippen molar-refractivity contribution < 1.29 is 28.5 Å². The molecule has 10 heteroatoms. The van der Waals surface area contributed by atoms with Gasteiger partial charge in [-0.1, -0.05) is 24.3 Å². The summed E-state index contributed by atoms with van der Waals surface area (Å²) in [6, 6.07) is 9.86. The lowest BCUT2D eigenvalue weighted by molar-refractivity contribution is -0.0205. The van der Waals surface area contributed by atoms with Crippen LogP contribution in [0.3, 0.4) is 0 Å². The molecule has 0 aliphatic carbocycles. The zero-order valence-electron chi connectivity index (χ0n) is 17.2. The number of halogens is 3. The third kappa shape index (κ3) is 5.19. The van der Waals surface area contributed by atoms with E-state index in [1.807, 2.05) is 18.2 Å². The highest BCUT2D eigenvalue weighted by Gasteiger charge is 2.46. The van der Waals surface area contributed by atoms with E-state index in [0.717, 1.165) is 18.6 Å². The van der Waals surface area contributed by atoms with Gasteiger partial charge in [-0.2, -0.15) is 0 Å². The van der Waals surface area contributed by atoms with E-state index in [0.29, 0.717) is 19.2 Å². The zero-order valence-corrected chi connectivity index (χ0v) is 18.0. The highest BCUT2D eigenvalue weighted by Crippen LogP contribution is 2.30. The highest BCUT2D eigenvalue weighted by atomic mass is 35.5. The summed E-state index contributed by atoms with van der Waals surface area (Å²) in [5, 5.41) is 25.3. The number of nitrogens with zero attached hydrogens (tertiary/aromatic N) is 1. The van der Waals surface area contributed by atoms with Gasteiger partial charge in [0.25, 0.3) is 0 Å². The van der Waals surface area contributed by atoms with Crippen molar-refractivity contribution in [3.8, 4) is 0 Å². The maximum Gasteiger partial charge on any atom is 0.319 e. The number of rotatable bonds is 5. The number of benzene rings is 2. The fourth-order valence-electron chi connectivity index (χ4n) is 4.32. The van der Waals surface area contributed by atoms with E-state index in [4.69, 9.17) is 4.74 Å². The molecular formula is C22H26ClF2N3O4. The number of hydrogen-bond acceptors (Lipinski definition) is 5. The molecule has 2 heterocycles. The Labute approximate surface area is 190 Å². The molecule has 4 atom stereocenters. The average molecular weight is 470 g/mol. The first-order chi connectivity index (χ1) is 15.0. The standard InChI is InChI=1S/C22H25F2N3O4.ClH/c23-15-5-6-17(16(24)9-15)26-22(30)25-10-18-20(21(29)19(12-28)31-18)27-8-7-13-3-1-2-4-14(13)11-27;/h1-6,9,18-21,28-29H,7-8,10-12H2,(H2,25,26,30);1H/t18-,19+,20+,21-;/m1./s1. The topological polar surface area (TPSA) is 94.1 Å². The van der Waals surface area contributed by atoms with Crippen molar-refractivity contribution in [2.75, 3.05) is 25.0 Å². The van der Waals surface area contributed by atoms with E-state index in [-0.39, 0.29) is 31.2 Å². The Morgan fingerprint density at radius 2 is 1.91 bits per heavy atom. The number of aliphatic hydroxyl groups is 2. The average Bonchev–Trinajstić information content (AvgIpc) is 3.09. The van der Waals surface area contributed by atoms with E-state index in [9.17, 15) is 23.8 Å². The largest absolute Gasteiger partial charge is 0.394 e. The summed E-state index contributed by atoms with van der Waals surface area (Å²) in [5.74, 6) is -1.62. The summed E-state index contributed by atoms with van der Waals surface area (Å²) in [5.41, 5.74) is 2.29. The quantitative estimate of drug-likeness (QED) is 0.538. The van der Waals surface area contributed by atoms with Crippen LogP contribution >= 0.6 is 12.4 Å². The van der Waals surface area contributed by atoms with Crippen LogP contribution in [-0.4, -0.2) is 65.2 Å². The number of urea groups is 1. The van der Waals surface area contributed by atoms with Crippen LogP contribution in [0.1, 0.15) is 11.1 Å². The molecule has 0 spiro atoms. The second-order valence-electron chi connectivity index (χ2n) is 7.83. The number of ether oxygens (including phenoxy) is 1. The minimum absolute atomic E-state index is 0. The van der Waals surface area contributed by atoms with E-state index in [1.54, 1.807) is 0 Å². The van der Waals surface area contributed by atoms with Gasteiger partial charge in [-0.3, -0.25) is 4.90 Å². The predicted octanol–water partition coefficient (Wildman–Crippen LogP) is 2.06. The molecule has 4 N–H and O–H groups in total. The molecule has 0 bridgehead atoms. The van der Waals surface area contributed by atoms with Gasteiger partial charge in [0.15, 0.2) is 0 Å². The molecule has 4 rings (SSSR count). The van der Waals surface area contributed by atoms with Crippen LogP contribution in [0.15, 0.2) is 42.5 Å². The summed E-state index contributed by atoms with van der Waals surface area (Å²) < 4.78 is 32.6. The number of aliphatic hydroxyl groups excluding tert-OH is 2. The Bertz CT molecular complexity index is 951. The van der Waals surface area contributed by atoms with E-state index in [2.05, 4.69) is 21.6 Å². The number of nitrogens with one attached hydrogen (secondary N) is 2. The van der Waals surface area contributed by atoms with Gasteiger partial charge in [0.2, 0.25) is 0 Å². The number of carbonyl (C=O) groups is 1. The van der Waals surface area contributed by atoms with Crippen molar-refractivity contribution in [3.05, 3.63) is 65.2 Å². The first kappa shape index (κ1) is 24.3. The molecule has 32 heavy (non-hydrogen) atoms. The molecule has 1 fully saturated rings. The molecule has 0 radical (unpaired) electrons. The third-order valence-corrected chi connectivity index (χ3v) is 5.87. The van der Waals surface area contributed by atoms with Crippen molar-refractivity contribution in [1.29, 1.82) is 0 Å². The zero-order chi connectivity index (χ0) is 22.0. The number of fused-ring (bicyclic) bond motifs is 1. The normalized spacial score (nSPS) is 25.0. The lowest BCUT2D eigenvalue weighted by Gasteiger charge is -2.37. The van der Waals surface area contributed by atoms with Gasteiger partial charge in [0, 0.05) is 25.7 Å². The van der Waals surface area contributed by atoms with E-state index in [1.165, 1.54) is 11.1 Å². The molecule has 2 amide bonds. The monoisotopic (exact) mass is 469 g/mol. The van der Waals surface area contributed by atoms with Gasteiger partial charge in [-0.25, -0.2) is 13.6 Å². The van der Waals surface area contributed by atoms with Gasteiger partial charge in [0.05, 0.1) is 24.4 Å². The smallest absolute Gasteiger partial charge is 0.319 e. The Kier molecular flexibility index (Phi) is 8.02. The number of anilines is 1. The molecule has 0 saturated carbocycles. The molecule has 2 aromatic rings. The van der Waals surface area contributed by atoms with Crippen molar-refractivity contribution in [2.45, 2.75) is 37.3 Å². The number of carbonyl (C=O) groups excluding carboxylic acids is 1. The molecule has 2 aliphatic heterocycles. The van der Waals surface area contributed by atoms with Crippen LogP contribution < -0.4 is 10.6 Å². The summed E-state index contributed by atoms with van der Waals surface area (Å²) in [4.78, 5) is 14.3. The first-order valence-electron chi connectivity index (χ1n) is 10.2. The molecule has 7 nitrogen and oxygen atoms in total. The summed E-state index contributed by atoms with van der Waals surface area (Å²) in [7, 11) is 0. The second kappa shape index (κ2) is 10.5. The lowest BCUT2D eigenvalue weighted by Crippen LogP contribution is -2.52. The van der Waals surface area contributed by atoms with Crippen LogP contribution in [0.2, 0.25) is 0 Å². The second-order valence-corrected chi connectivity index (χ2v) is 7.83. The number of amides is 2. The maximum atomic E-state index is 13.8. The van der Waals surface area contributed by atoms with Crippen LogP contribution in [0.4, 0.5) is 19.3 Å². The molecule has 2 aliphatic rings. The maximum absolute atomic E-state index is 13.8. The van der Waals surface area contributed by atoms with Crippen molar-refractivity contribution in [2.24, 2.45) is 0 Å². The van der Waals surface area contributed by atoms with Crippen molar-refractivity contribution in [3.63, 3.8) is 0 Å². The fraction of sp³-hybridized carbons (Fsp3) is 0.409. The third-order valence-electron chi connectivity index (χ3n) is 5.87. The van der Waals surface area contributed by atoms with Crippen molar-refractivity contribution in [1.82, 2.24) is 10.2 Å². The van der Waals surface area contributed by atoms with Crippen LogP contribution in [0.5, 0.6) is 0 Å². The van der Waals surface area contributed by atoms with Crippen LogP contribution in [0, 0.1) is 11.6 Å². The number of hydrogen-bond donors (Lipinski definition) is 4. The Hall–Kier alpha value is -2.30. The van der Waals surface area contributed by atoms with Gasteiger partial charge >= 0.3 is 6.03 Å². The SMILES string of the molecule is Cl.O=C(NC[C@H]1O[C@@H](CO)[C@@H](O)[C@H]1N1CCc2ccccc2C1)Nc1ccc(F)cc1F. The van der Waals surface area contributed by atoms with E-state index < -0.39 is 42.0 Å². The summed E-state index contributed by atoms with van der Waals surface area (Å²) in [6.07, 6.45) is -1.42. The summed E-state index contributed by atoms with van der Waals surface area (Å²) in [6.45, 7) is 1.04. The Morgan fingerprint density at radius 3 is 2.62 bits per heavy atom. The first-order valence-corrected chi connectivity index (χ1v) is 10.2. The van der Waals surface area contributed by atoms with Gasteiger partial charge in [0.1, 0.15) is 23.8 Å². The molecule has 2 aromatic carbocycles. The molecule has 0 unspecified atom stereocenters. The molecule has 0 aromatic heterocycles. The minimum Gasteiger partial charge on any atom is -0.394 e. The van der Waals surface area contributed by atoms with Crippen LogP contribution in [-0.2, 0) is 17.7 Å². The van der Waals surface area contributed by atoms with Gasteiger partial charge in [-0.15, -0.1) is 12.4 Å². The molecule has 1 saturated heterocycles. The van der Waals surface area contributed by atoms with Crippen LogP contribution in [0.25, 0.3) is 0 Å². The highest BCUT2D eigenvalue weighted by molar-refractivity contribution is 5.89. The van der Waals surface area contributed by atoms with Gasteiger partial charge < -0.3 is 25.6 Å². The fourth-order valence-corrected chi connectivity index (χ4v) is 4.32. The Balaban J connectivity index is 0.00000289. The molecule has 174 valence electrons. The summed E-state index contributed by atoms with van der Waals surface area (Å²) >= 11 is 0.